The van der Waals surface area contributed by atoms with Crippen molar-refractivity contribution in [2.24, 2.45) is 0 Å². The van der Waals surface area contributed by atoms with Gasteiger partial charge in [-0.25, -0.2) is 4.98 Å². The number of nitrogens with two attached hydrogens (primary N) is 1. The molecule has 0 aliphatic carbocycles. The van der Waals surface area contributed by atoms with Crippen LogP contribution in [0.5, 0.6) is 17.4 Å². The third-order valence-electron chi connectivity index (χ3n) is 3.98. The van der Waals surface area contributed by atoms with Crippen LogP contribution in [0.1, 0.15) is 11.1 Å². The number of para-hydroxylation sites is 2. The molecule has 0 saturated carbocycles. The summed E-state index contributed by atoms with van der Waals surface area (Å²) < 4.78 is 11.1. The number of nitrogens with one attached hydrogen (secondary N) is 1. The van der Waals surface area contributed by atoms with Crippen LogP contribution in [0, 0.1) is 13.8 Å². The summed E-state index contributed by atoms with van der Waals surface area (Å²) in [4.78, 5) is 8.37. The van der Waals surface area contributed by atoms with Gasteiger partial charge in [0, 0.05) is 5.69 Å². The summed E-state index contributed by atoms with van der Waals surface area (Å²) in [6.45, 7) is 4.10. The summed E-state index contributed by atoms with van der Waals surface area (Å²) in [5, 5.41) is 3.25. The van der Waals surface area contributed by atoms with E-state index in [1.807, 2.05) is 37.3 Å². The maximum absolute atomic E-state index is 6.21. The lowest BCUT2D eigenvalue weighted by atomic mass is 10.1. The third kappa shape index (κ3) is 3.47. The van der Waals surface area contributed by atoms with Gasteiger partial charge in [-0.2, -0.15) is 4.98 Å². The van der Waals surface area contributed by atoms with Gasteiger partial charge in [0.1, 0.15) is 12.0 Å². The van der Waals surface area contributed by atoms with E-state index in [2.05, 4.69) is 28.3 Å². The molecule has 6 heteroatoms. The number of ether oxygens (including phenoxy) is 2. The van der Waals surface area contributed by atoms with Crippen LogP contribution in [0.4, 0.5) is 17.2 Å². The molecule has 0 aliphatic heterocycles. The van der Waals surface area contributed by atoms with Crippen LogP contribution >= 0.6 is 0 Å². The zero-order chi connectivity index (χ0) is 17.8. The van der Waals surface area contributed by atoms with Gasteiger partial charge in [-0.1, -0.05) is 24.3 Å². The number of anilines is 3. The van der Waals surface area contributed by atoms with E-state index in [1.165, 1.54) is 11.9 Å². The Labute approximate surface area is 146 Å². The first kappa shape index (κ1) is 16.6. The van der Waals surface area contributed by atoms with E-state index in [9.17, 15) is 0 Å². The van der Waals surface area contributed by atoms with Gasteiger partial charge >= 0.3 is 0 Å². The normalized spacial score (nSPS) is 10.4. The Kier molecular flexibility index (Phi) is 4.70. The molecular formula is C19H20N4O2. The zero-order valence-corrected chi connectivity index (χ0v) is 14.4. The summed E-state index contributed by atoms with van der Waals surface area (Å²) >= 11 is 0. The summed E-state index contributed by atoms with van der Waals surface area (Å²) in [6.07, 6.45) is 1.41. The number of benzene rings is 2. The second kappa shape index (κ2) is 7.09. The number of nitrogens with zero attached hydrogens (tertiary/aromatic N) is 2. The van der Waals surface area contributed by atoms with Crippen molar-refractivity contribution in [2.45, 2.75) is 13.8 Å². The lowest BCUT2D eigenvalue weighted by molar-refractivity contribution is 0.374. The van der Waals surface area contributed by atoms with Crippen molar-refractivity contribution in [3.05, 3.63) is 59.9 Å². The molecule has 3 aromatic rings. The quantitative estimate of drug-likeness (QED) is 0.726. The number of hydrogen-bond acceptors (Lipinski definition) is 6. The molecule has 3 rings (SSSR count). The van der Waals surface area contributed by atoms with E-state index in [0.717, 1.165) is 11.3 Å². The number of rotatable bonds is 5. The molecule has 0 amide bonds. The van der Waals surface area contributed by atoms with Crippen molar-refractivity contribution in [1.82, 2.24) is 9.97 Å². The van der Waals surface area contributed by atoms with Gasteiger partial charge in [0.15, 0.2) is 17.3 Å². The van der Waals surface area contributed by atoms with Crippen LogP contribution in [-0.2, 0) is 0 Å². The maximum atomic E-state index is 6.21. The number of hydrogen-bond donors (Lipinski definition) is 2. The minimum Gasteiger partial charge on any atom is -0.493 e. The summed E-state index contributed by atoms with van der Waals surface area (Å²) in [5.41, 5.74) is 9.79. The third-order valence-corrected chi connectivity index (χ3v) is 3.98. The van der Waals surface area contributed by atoms with Gasteiger partial charge in [-0.05, 0) is 43.2 Å². The Morgan fingerprint density at radius 2 is 1.72 bits per heavy atom. The van der Waals surface area contributed by atoms with Crippen LogP contribution in [0.3, 0.4) is 0 Å². The SMILES string of the molecule is COc1ccccc1Oc1ncnc(Nc2cccc(C)c2C)c1N. The average molecular weight is 336 g/mol. The van der Waals surface area contributed by atoms with E-state index in [0.29, 0.717) is 23.0 Å². The van der Waals surface area contributed by atoms with E-state index in [4.69, 9.17) is 15.2 Å². The largest absolute Gasteiger partial charge is 0.493 e. The molecule has 6 nitrogen and oxygen atoms in total. The van der Waals surface area contributed by atoms with Crippen molar-refractivity contribution in [3.8, 4) is 17.4 Å². The summed E-state index contributed by atoms with van der Waals surface area (Å²) in [7, 11) is 1.58. The first-order valence-electron chi connectivity index (χ1n) is 7.84. The van der Waals surface area contributed by atoms with E-state index in [-0.39, 0.29) is 5.88 Å². The molecular weight excluding hydrogens is 316 g/mol. The van der Waals surface area contributed by atoms with Crippen LogP contribution in [0.2, 0.25) is 0 Å². The first-order chi connectivity index (χ1) is 12.1. The Hall–Kier alpha value is -3.28. The molecule has 0 radical (unpaired) electrons. The molecule has 1 aromatic heterocycles. The molecule has 0 fully saturated rings. The second-order valence-corrected chi connectivity index (χ2v) is 5.57. The van der Waals surface area contributed by atoms with E-state index in [1.54, 1.807) is 13.2 Å². The fraction of sp³-hybridized carbons (Fsp3) is 0.158. The molecule has 3 N–H and O–H groups in total. The van der Waals surface area contributed by atoms with Crippen LogP contribution in [-0.4, -0.2) is 17.1 Å². The molecule has 0 spiro atoms. The van der Waals surface area contributed by atoms with Crippen molar-refractivity contribution in [3.63, 3.8) is 0 Å². The van der Waals surface area contributed by atoms with Gasteiger partial charge in [0.05, 0.1) is 7.11 Å². The van der Waals surface area contributed by atoms with Crippen LogP contribution in [0.15, 0.2) is 48.8 Å². The predicted octanol–water partition coefficient (Wildman–Crippen LogP) is 4.22. The Balaban J connectivity index is 1.91. The number of aromatic nitrogens is 2. The first-order valence-corrected chi connectivity index (χ1v) is 7.84. The molecule has 128 valence electrons. The molecule has 0 unspecified atom stereocenters. The molecule has 0 atom stereocenters. The highest BCUT2D eigenvalue weighted by Gasteiger charge is 2.13. The highest BCUT2D eigenvalue weighted by Crippen LogP contribution is 2.35. The highest BCUT2D eigenvalue weighted by atomic mass is 16.5. The van der Waals surface area contributed by atoms with Crippen LogP contribution < -0.4 is 20.5 Å². The number of aryl methyl sites for hydroxylation is 1. The van der Waals surface area contributed by atoms with Crippen molar-refractivity contribution in [1.29, 1.82) is 0 Å². The monoisotopic (exact) mass is 336 g/mol. The minimum absolute atomic E-state index is 0.271. The predicted molar refractivity (Wildman–Crippen MR) is 98.7 cm³/mol. The number of methoxy groups -OCH3 is 1. The second-order valence-electron chi connectivity index (χ2n) is 5.57. The lowest BCUT2D eigenvalue weighted by Gasteiger charge is -2.15. The smallest absolute Gasteiger partial charge is 0.248 e. The molecule has 1 heterocycles. The van der Waals surface area contributed by atoms with Gasteiger partial charge < -0.3 is 20.5 Å². The van der Waals surface area contributed by atoms with Crippen molar-refractivity contribution in [2.75, 3.05) is 18.2 Å². The topological polar surface area (TPSA) is 82.3 Å². The molecule has 0 saturated heterocycles. The van der Waals surface area contributed by atoms with Crippen molar-refractivity contribution < 1.29 is 9.47 Å². The molecule has 25 heavy (non-hydrogen) atoms. The standard InChI is InChI=1S/C19H20N4O2/c1-12-7-6-8-14(13(12)2)23-18-17(20)19(22-11-21-18)25-16-10-5-4-9-15(16)24-3/h4-11H,20H2,1-3H3,(H,21,22,23). The highest BCUT2D eigenvalue weighted by molar-refractivity contribution is 5.74. The van der Waals surface area contributed by atoms with Gasteiger partial charge in [0.25, 0.3) is 0 Å². The molecule has 0 aliphatic rings. The fourth-order valence-electron chi connectivity index (χ4n) is 2.38. The Bertz CT molecular complexity index is 896. The lowest BCUT2D eigenvalue weighted by Crippen LogP contribution is -2.04. The fourth-order valence-corrected chi connectivity index (χ4v) is 2.38. The number of nitrogen functional groups attached to an aromatic ring is 1. The van der Waals surface area contributed by atoms with Gasteiger partial charge in [-0.15, -0.1) is 0 Å². The minimum atomic E-state index is 0.271. The summed E-state index contributed by atoms with van der Waals surface area (Å²) in [6, 6.07) is 13.3. The zero-order valence-electron chi connectivity index (χ0n) is 14.4. The summed E-state index contributed by atoms with van der Waals surface area (Å²) in [5.74, 6) is 1.90. The average Bonchev–Trinajstić information content (AvgIpc) is 2.62. The van der Waals surface area contributed by atoms with Gasteiger partial charge in [-0.3, -0.25) is 0 Å². The van der Waals surface area contributed by atoms with E-state index >= 15 is 0 Å². The molecule has 2 aromatic carbocycles. The maximum Gasteiger partial charge on any atom is 0.248 e. The van der Waals surface area contributed by atoms with E-state index < -0.39 is 0 Å². The Morgan fingerprint density at radius 3 is 2.48 bits per heavy atom. The Morgan fingerprint density at radius 1 is 0.960 bits per heavy atom. The molecule has 0 bridgehead atoms. The van der Waals surface area contributed by atoms with Crippen molar-refractivity contribution >= 4 is 17.2 Å². The van der Waals surface area contributed by atoms with Crippen LogP contribution in [0.25, 0.3) is 0 Å². The van der Waals surface area contributed by atoms with Gasteiger partial charge in [0.2, 0.25) is 5.88 Å².